The first-order valence-electron chi connectivity index (χ1n) is 7.36. The summed E-state index contributed by atoms with van der Waals surface area (Å²) in [6, 6.07) is 0. The van der Waals surface area contributed by atoms with Crippen molar-refractivity contribution in [1.82, 2.24) is 15.5 Å². The number of guanidine groups is 1. The second kappa shape index (κ2) is 11.6. The second-order valence-corrected chi connectivity index (χ2v) is 5.75. The first-order valence-corrected chi connectivity index (χ1v) is 7.36. The maximum atomic E-state index is 5.36. The van der Waals surface area contributed by atoms with Gasteiger partial charge in [-0.05, 0) is 11.8 Å². The standard InChI is InChI=1S/C14H30N4O.HI/c1-12(2)9-16-14(15-4)17-10-13(3)11-18-5-7-19-8-6-18;/h12-13H,5-11H2,1-4H3,(H2,15,16,17);1H. The largest absolute Gasteiger partial charge is 0.379 e. The highest BCUT2D eigenvalue weighted by atomic mass is 127. The van der Waals surface area contributed by atoms with Crippen LogP contribution in [0.4, 0.5) is 0 Å². The summed E-state index contributed by atoms with van der Waals surface area (Å²) >= 11 is 0. The van der Waals surface area contributed by atoms with Gasteiger partial charge in [0.15, 0.2) is 5.96 Å². The summed E-state index contributed by atoms with van der Waals surface area (Å²) in [5, 5.41) is 6.73. The van der Waals surface area contributed by atoms with Crippen molar-refractivity contribution in [1.29, 1.82) is 0 Å². The van der Waals surface area contributed by atoms with Gasteiger partial charge in [0, 0.05) is 39.8 Å². The van der Waals surface area contributed by atoms with Gasteiger partial charge in [-0.25, -0.2) is 0 Å². The van der Waals surface area contributed by atoms with Gasteiger partial charge >= 0.3 is 0 Å². The Balaban J connectivity index is 0.00000361. The normalized spacial score (nSPS) is 18.6. The number of halogens is 1. The molecule has 1 rings (SSSR count). The Labute approximate surface area is 140 Å². The SMILES string of the molecule is CN=C(NCC(C)C)NCC(C)CN1CCOCC1.I. The molecule has 1 fully saturated rings. The summed E-state index contributed by atoms with van der Waals surface area (Å²) < 4.78 is 5.36. The first kappa shape index (κ1) is 19.9. The summed E-state index contributed by atoms with van der Waals surface area (Å²) in [5.41, 5.74) is 0. The molecule has 1 atom stereocenters. The van der Waals surface area contributed by atoms with Gasteiger partial charge in [-0.1, -0.05) is 20.8 Å². The molecule has 1 heterocycles. The van der Waals surface area contributed by atoms with E-state index in [9.17, 15) is 0 Å². The lowest BCUT2D eigenvalue weighted by molar-refractivity contribution is 0.0320. The predicted octanol–water partition coefficient (Wildman–Crippen LogP) is 1.39. The number of hydrogen-bond acceptors (Lipinski definition) is 3. The van der Waals surface area contributed by atoms with Crippen LogP contribution in [0.3, 0.4) is 0 Å². The third kappa shape index (κ3) is 8.97. The average Bonchev–Trinajstić information content (AvgIpc) is 2.39. The van der Waals surface area contributed by atoms with Crippen LogP contribution >= 0.6 is 24.0 Å². The van der Waals surface area contributed by atoms with Gasteiger partial charge in [0.2, 0.25) is 0 Å². The van der Waals surface area contributed by atoms with E-state index >= 15 is 0 Å². The van der Waals surface area contributed by atoms with Crippen molar-refractivity contribution in [3.8, 4) is 0 Å². The van der Waals surface area contributed by atoms with Crippen LogP contribution in [0.25, 0.3) is 0 Å². The van der Waals surface area contributed by atoms with Crippen LogP contribution in [0.5, 0.6) is 0 Å². The molecule has 0 aromatic rings. The Morgan fingerprint density at radius 1 is 1.15 bits per heavy atom. The molecule has 0 bridgehead atoms. The Morgan fingerprint density at radius 3 is 2.30 bits per heavy atom. The number of rotatable bonds is 6. The molecule has 1 saturated heterocycles. The molecule has 2 N–H and O–H groups in total. The second-order valence-electron chi connectivity index (χ2n) is 5.75. The Hall–Kier alpha value is -0.0800. The molecule has 120 valence electrons. The molecule has 1 aliphatic rings. The summed E-state index contributed by atoms with van der Waals surface area (Å²) in [6.07, 6.45) is 0. The van der Waals surface area contributed by atoms with Gasteiger partial charge in [0.25, 0.3) is 0 Å². The monoisotopic (exact) mass is 398 g/mol. The molecule has 0 aliphatic carbocycles. The van der Waals surface area contributed by atoms with Crippen LogP contribution in [0, 0.1) is 11.8 Å². The van der Waals surface area contributed by atoms with Crippen LogP contribution in [-0.2, 0) is 4.74 Å². The Kier molecular flexibility index (Phi) is 11.5. The van der Waals surface area contributed by atoms with Crippen LogP contribution < -0.4 is 10.6 Å². The molecule has 0 saturated carbocycles. The fraction of sp³-hybridized carbons (Fsp3) is 0.929. The van der Waals surface area contributed by atoms with E-state index in [1.807, 2.05) is 7.05 Å². The van der Waals surface area contributed by atoms with Crippen molar-refractivity contribution >= 4 is 29.9 Å². The minimum atomic E-state index is 0. The Bertz CT molecular complexity index is 268. The molecule has 20 heavy (non-hydrogen) atoms. The van der Waals surface area contributed by atoms with Crippen molar-refractivity contribution in [3.05, 3.63) is 0 Å². The molecule has 0 aromatic heterocycles. The fourth-order valence-corrected chi connectivity index (χ4v) is 2.08. The topological polar surface area (TPSA) is 48.9 Å². The van der Waals surface area contributed by atoms with Crippen molar-refractivity contribution < 1.29 is 4.74 Å². The molecule has 1 aliphatic heterocycles. The highest BCUT2D eigenvalue weighted by molar-refractivity contribution is 14.0. The average molecular weight is 398 g/mol. The van der Waals surface area contributed by atoms with Gasteiger partial charge < -0.3 is 15.4 Å². The fourth-order valence-electron chi connectivity index (χ4n) is 2.08. The summed E-state index contributed by atoms with van der Waals surface area (Å²) in [5.74, 6) is 2.14. The number of nitrogens with zero attached hydrogens (tertiary/aromatic N) is 2. The lowest BCUT2D eigenvalue weighted by Crippen LogP contribution is -2.44. The van der Waals surface area contributed by atoms with E-state index < -0.39 is 0 Å². The number of aliphatic imine (C=N–C) groups is 1. The maximum Gasteiger partial charge on any atom is 0.190 e. The number of morpholine rings is 1. The summed E-state index contributed by atoms with van der Waals surface area (Å²) in [4.78, 5) is 6.71. The van der Waals surface area contributed by atoms with Crippen LogP contribution in [0.2, 0.25) is 0 Å². The van der Waals surface area contributed by atoms with Gasteiger partial charge in [-0.2, -0.15) is 0 Å². The van der Waals surface area contributed by atoms with Gasteiger partial charge in [0.05, 0.1) is 13.2 Å². The molecule has 1 unspecified atom stereocenters. The summed E-state index contributed by atoms with van der Waals surface area (Å²) in [6.45, 7) is 13.6. The third-order valence-corrected chi connectivity index (χ3v) is 3.19. The van der Waals surface area contributed by atoms with Crippen LogP contribution in [0.1, 0.15) is 20.8 Å². The lowest BCUT2D eigenvalue weighted by Gasteiger charge is -2.29. The molecular formula is C14H31IN4O. The van der Waals surface area contributed by atoms with Crippen molar-refractivity contribution in [2.24, 2.45) is 16.8 Å². The van der Waals surface area contributed by atoms with E-state index in [1.165, 1.54) is 0 Å². The summed E-state index contributed by atoms with van der Waals surface area (Å²) in [7, 11) is 1.82. The third-order valence-electron chi connectivity index (χ3n) is 3.19. The number of nitrogens with one attached hydrogen (secondary N) is 2. The highest BCUT2D eigenvalue weighted by Crippen LogP contribution is 2.02. The van der Waals surface area contributed by atoms with E-state index in [2.05, 4.69) is 41.3 Å². The molecule has 0 spiro atoms. The zero-order valence-corrected chi connectivity index (χ0v) is 15.6. The zero-order chi connectivity index (χ0) is 14.1. The molecule has 0 aromatic carbocycles. The predicted molar refractivity (Wildman–Crippen MR) is 96.0 cm³/mol. The van der Waals surface area contributed by atoms with Crippen LogP contribution in [0.15, 0.2) is 4.99 Å². The highest BCUT2D eigenvalue weighted by Gasteiger charge is 2.13. The smallest absolute Gasteiger partial charge is 0.190 e. The van der Waals surface area contributed by atoms with E-state index in [4.69, 9.17) is 4.74 Å². The first-order chi connectivity index (χ1) is 9.11. The maximum absolute atomic E-state index is 5.36. The van der Waals surface area contributed by atoms with Crippen molar-refractivity contribution in [2.75, 3.05) is 53.0 Å². The van der Waals surface area contributed by atoms with E-state index in [-0.39, 0.29) is 24.0 Å². The van der Waals surface area contributed by atoms with Crippen LogP contribution in [-0.4, -0.2) is 63.8 Å². The van der Waals surface area contributed by atoms with Crippen molar-refractivity contribution in [3.63, 3.8) is 0 Å². The zero-order valence-electron chi connectivity index (χ0n) is 13.3. The van der Waals surface area contributed by atoms with Gasteiger partial charge in [-0.3, -0.25) is 9.89 Å². The van der Waals surface area contributed by atoms with E-state index in [0.29, 0.717) is 11.8 Å². The van der Waals surface area contributed by atoms with Gasteiger partial charge in [0.1, 0.15) is 0 Å². The molecule has 0 amide bonds. The van der Waals surface area contributed by atoms with E-state index in [0.717, 1.165) is 51.9 Å². The molecule has 6 heteroatoms. The van der Waals surface area contributed by atoms with Crippen molar-refractivity contribution in [2.45, 2.75) is 20.8 Å². The van der Waals surface area contributed by atoms with Gasteiger partial charge in [-0.15, -0.1) is 24.0 Å². The minimum absolute atomic E-state index is 0. The number of ether oxygens (including phenoxy) is 1. The molecule has 0 radical (unpaired) electrons. The van der Waals surface area contributed by atoms with E-state index in [1.54, 1.807) is 0 Å². The lowest BCUT2D eigenvalue weighted by atomic mass is 10.1. The Morgan fingerprint density at radius 2 is 1.75 bits per heavy atom. The minimum Gasteiger partial charge on any atom is -0.379 e. The number of hydrogen-bond donors (Lipinski definition) is 2. The quantitative estimate of drug-likeness (QED) is 0.404. The molecular weight excluding hydrogens is 367 g/mol. The molecule has 5 nitrogen and oxygen atoms in total.